The predicted octanol–water partition coefficient (Wildman–Crippen LogP) is 6.36. The Hall–Kier alpha value is -4.43. The van der Waals surface area contributed by atoms with Crippen molar-refractivity contribution >= 4 is 27.5 Å². The highest BCUT2D eigenvalue weighted by Crippen LogP contribution is 2.29. The number of sulfonamides is 1. The van der Waals surface area contributed by atoms with E-state index in [1.807, 2.05) is 101 Å². The smallest absolute Gasteiger partial charge is 0.264 e. The largest absolute Gasteiger partial charge is 0.352 e. The molecule has 0 aliphatic heterocycles. The molecule has 0 saturated carbocycles. The molecule has 0 aromatic heterocycles. The highest BCUT2D eigenvalue weighted by Gasteiger charge is 2.35. The summed E-state index contributed by atoms with van der Waals surface area (Å²) in [4.78, 5) is 30.2. The van der Waals surface area contributed by atoms with Crippen molar-refractivity contribution in [2.75, 3.05) is 10.8 Å². The van der Waals surface area contributed by atoms with Crippen LogP contribution in [0.15, 0.2) is 108 Å². The van der Waals surface area contributed by atoms with Gasteiger partial charge in [0.05, 0.1) is 10.6 Å². The van der Waals surface area contributed by atoms with Gasteiger partial charge in [-0.25, -0.2) is 8.42 Å². The fourth-order valence-electron chi connectivity index (χ4n) is 5.11. The lowest BCUT2D eigenvalue weighted by molar-refractivity contribution is -0.140. The molecular formula is C37H43N3O4S. The zero-order chi connectivity index (χ0) is 32.6. The number of aryl methyl sites for hydroxylation is 3. The van der Waals surface area contributed by atoms with E-state index in [2.05, 4.69) is 5.32 Å². The molecule has 0 heterocycles. The maximum atomic E-state index is 14.6. The molecule has 7 nitrogen and oxygen atoms in total. The molecule has 0 unspecified atom stereocenters. The number of benzene rings is 4. The second-order valence-electron chi connectivity index (χ2n) is 11.6. The Labute approximate surface area is 268 Å². The zero-order valence-electron chi connectivity index (χ0n) is 26.7. The average Bonchev–Trinajstić information content (AvgIpc) is 3.04. The number of anilines is 1. The fraction of sp³-hybridized carbons (Fsp3) is 0.297. The highest BCUT2D eigenvalue weighted by molar-refractivity contribution is 7.92. The lowest BCUT2D eigenvalue weighted by atomic mass is 10.0. The normalized spacial score (nSPS) is 12.6. The second-order valence-corrected chi connectivity index (χ2v) is 13.5. The van der Waals surface area contributed by atoms with Crippen molar-refractivity contribution < 1.29 is 18.0 Å². The molecule has 1 N–H and O–H groups in total. The minimum Gasteiger partial charge on any atom is -0.352 e. The number of nitrogens with zero attached hydrogens (tertiary/aromatic N) is 2. The lowest BCUT2D eigenvalue weighted by Crippen LogP contribution is -2.54. The summed E-state index contributed by atoms with van der Waals surface area (Å²) < 4.78 is 29.6. The predicted molar refractivity (Wildman–Crippen MR) is 180 cm³/mol. The van der Waals surface area contributed by atoms with Crippen molar-refractivity contribution in [2.45, 2.75) is 71.0 Å². The monoisotopic (exact) mass is 625 g/mol. The molecule has 0 aliphatic rings. The van der Waals surface area contributed by atoms with Crippen molar-refractivity contribution in [1.82, 2.24) is 10.2 Å². The molecule has 8 heteroatoms. The van der Waals surface area contributed by atoms with Crippen molar-refractivity contribution in [3.63, 3.8) is 0 Å². The Kier molecular flexibility index (Phi) is 11.2. The van der Waals surface area contributed by atoms with Crippen molar-refractivity contribution in [3.05, 3.63) is 131 Å². The van der Waals surface area contributed by atoms with Gasteiger partial charge in [-0.15, -0.1) is 0 Å². The summed E-state index contributed by atoms with van der Waals surface area (Å²) in [5, 5.41) is 3.07. The summed E-state index contributed by atoms with van der Waals surface area (Å²) in [6, 6.07) is 30.1. The van der Waals surface area contributed by atoms with Gasteiger partial charge < -0.3 is 10.2 Å². The molecule has 45 heavy (non-hydrogen) atoms. The Bertz CT molecular complexity index is 1690. The maximum Gasteiger partial charge on any atom is 0.264 e. The third kappa shape index (κ3) is 8.60. The third-order valence-electron chi connectivity index (χ3n) is 7.99. The number of hydrogen-bond acceptors (Lipinski definition) is 4. The molecule has 4 rings (SSSR count). The Balaban J connectivity index is 1.83. The van der Waals surface area contributed by atoms with Crippen LogP contribution in [0.25, 0.3) is 0 Å². The van der Waals surface area contributed by atoms with Crippen molar-refractivity contribution in [1.29, 1.82) is 0 Å². The van der Waals surface area contributed by atoms with Crippen LogP contribution in [0, 0.1) is 20.8 Å². The van der Waals surface area contributed by atoms with Crippen LogP contribution < -0.4 is 9.62 Å². The number of rotatable bonds is 13. The molecule has 0 fully saturated rings. The molecule has 0 spiro atoms. The quantitative estimate of drug-likeness (QED) is 0.187. The van der Waals surface area contributed by atoms with E-state index >= 15 is 0 Å². The molecule has 4 aromatic rings. The number of carbonyl (C=O) groups is 2. The Morgan fingerprint density at radius 2 is 1.38 bits per heavy atom. The van der Waals surface area contributed by atoms with Gasteiger partial charge in [-0.1, -0.05) is 97.4 Å². The van der Waals surface area contributed by atoms with Crippen LogP contribution in [-0.2, 0) is 32.6 Å². The van der Waals surface area contributed by atoms with Gasteiger partial charge in [0.25, 0.3) is 10.0 Å². The molecule has 2 amide bonds. The average molecular weight is 626 g/mol. The zero-order valence-corrected chi connectivity index (χ0v) is 27.6. The standard InChI is InChI=1S/C37H43N3O4S/c1-6-30(5)38-37(42)35(24-31-13-9-7-10-14-31)39(25-32-21-18-27(2)19-22-32)36(41)26-40(34-23-28(3)17-20-29(34)4)45(43,44)33-15-11-8-12-16-33/h7-23,30,35H,6,24-26H2,1-5H3,(H,38,42)/t30-,35+/m0/s1. The second kappa shape index (κ2) is 15.0. The first-order valence-electron chi connectivity index (χ1n) is 15.3. The van der Waals surface area contributed by atoms with Crippen LogP contribution in [0.2, 0.25) is 0 Å². The lowest BCUT2D eigenvalue weighted by Gasteiger charge is -2.34. The van der Waals surface area contributed by atoms with Crippen molar-refractivity contribution in [3.8, 4) is 0 Å². The van der Waals surface area contributed by atoms with Gasteiger partial charge in [0.15, 0.2) is 0 Å². The molecule has 2 atom stereocenters. The van der Waals surface area contributed by atoms with E-state index in [0.29, 0.717) is 11.3 Å². The summed E-state index contributed by atoms with van der Waals surface area (Å²) in [6.07, 6.45) is 1.00. The van der Waals surface area contributed by atoms with Crippen LogP contribution in [0.3, 0.4) is 0 Å². The molecule has 236 valence electrons. The van der Waals surface area contributed by atoms with E-state index < -0.39 is 28.5 Å². The van der Waals surface area contributed by atoms with Gasteiger partial charge in [0, 0.05) is 19.0 Å². The van der Waals surface area contributed by atoms with E-state index in [9.17, 15) is 18.0 Å². The fourth-order valence-corrected chi connectivity index (χ4v) is 6.60. The van der Waals surface area contributed by atoms with Crippen LogP contribution in [0.4, 0.5) is 5.69 Å². The van der Waals surface area contributed by atoms with Crippen LogP contribution >= 0.6 is 0 Å². The minimum atomic E-state index is -4.14. The van der Waals surface area contributed by atoms with Gasteiger partial charge in [-0.05, 0) is 74.6 Å². The maximum absolute atomic E-state index is 14.6. The van der Waals surface area contributed by atoms with Gasteiger partial charge in [-0.2, -0.15) is 0 Å². The molecule has 4 aromatic carbocycles. The van der Waals surface area contributed by atoms with Gasteiger partial charge in [0.1, 0.15) is 12.6 Å². The van der Waals surface area contributed by atoms with Gasteiger partial charge in [0.2, 0.25) is 11.8 Å². The summed E-state index contributed by atoms with van der Waals surface area (Å²) in [6.45, 7) is 9.28. The summed E-state index contributed by atoms with van der Waals surface area (Å²) >= 11 is 0. The third-order valence-corrected chi connectivity index (χ3v) is 9.76. The topological polar surface area (TPSA) is 86.8 Å². The Morgan fingerprint density at radius 3 is 2.00 bits per heavy atom. The van der Waals surface area contributed by atoms with Gasteiger partial charge >= 0.3 is 0 Å². The molecule has 0 radical (unpaired) electrons. The van der Waals surface area contributed by atoms with Crippen molar-refractivity contribution in [2.24, 2.45) is 0 Å². The number of hydrogen-bond donors (Lipinski definition) is 1. The first-order valence-corrected chi connectivity index (χ1v) is 16.8. The van der Waals surface area contributed by atoms with Crippen LogP contribution in [-0.4, -0.2) is 43.8 Å². The van der Waals surface area contributed by atoms with E-state index in [0.717, 1.165) is 28.7 Å². The molecule has 0 saturated heterocycles. The number of carbonyl (C=O) groups excluding carboxylic acids is 2. The minimum absolute atomic E-state index is 0.0825. The highest BCUT2D eigenvalue weighted by atomic mass is 32.2. The molecule has 0 aliphatic carbocycles. The first kappa shape index (κ1) is 33.5. The SMILES string of the molecule is CC[C@H](C)NC(=O)[C@@H](Cc1ccccc1)N(Cc1ccc(C)cc1)C(=O)CN(c1cc(C)ccc1C)S(=O)(=O)c1ccccc1. The van der Waals surface area contributed by atoms with Crippen LogP contribution in [0.5, 0.6) is 0 Å². The van der Waals surface area contributed by atoms with E-state index in [4.69, 9.17) is 0 Å². The van der Waals surface area contributed by atoms with Crippen LogP contribution in [0.1, 0.15) is 48.1 Å². The molecular weight excluding hydrogens is 582 g/mol. The first-order chi connectivity index (χ1) is 21.5. The summed E-state index contributed by atoms with van der Waals surface area (Å²) in [5.74, 6) is -0.755. The Morgan fingerprint density at radius 1 is 0.778 bits per heavy atom. The summed E-state index contributed by atoms with van der Waals surface area (Å²) in [5.41, 5.74) is 4.81. The number of amides is 2. The summed E-state index contributed by atoms with van der Waals surface area (Å²) in [7, 11) is -4.14. The van der Waals surface area contributed by atoms with E-state index in [1.54, 1.807) is 24.3 Å². The number of nitrogens with one attached hydrogen (secondary N) is 1. The van der Waals surface area contributed by atoms with Gasteiger partial charge in [-0.3, -0.25) is 13.9 Å². The molecule has 0 bridgehead atoms. The van der Waals surface area contributed by atoms with E-state index in [1.165, 1.54) is 21.3 Å². The van der Waals surface area contributed by atoms with E-state index in [-0.39, 0.29) is 29.8 Å².